The summed E-state index contributed by atoms with van der Waals surface area (Å²) in [6, 6.07) is 10.4. The van der Waals surface area contributed by atoms with E-state index in [1.54, 1.807) is 10.9 Å². The van der Waals surface area contributed by atoms with Gasteiger partial charge < -0.3 is 5.32 Å². The Balaban J connectivity index is 1.62. The number of hydrogen-bond donors (Lipinski definition) is 1. The molecule has 0 saturated heterocycles. The molecule has 0 bridgehead atoms. The van der Waals surface area contributed by atoms with Crippen molar-refractivity contribution in [1.29, 1.82) is 0 Å². The van der Waals surface area contributed by atoms with Gasteiger partial charge in [0, 0.05) is 12.2 Å². The summed E-state index contributed by atoms with van der Waals surface area (Å²) in [7, 11) is 0. The lowest BCUT2D eigenvalue weighted by Gasteiger charge is -2.11. The van der Waals surface area contributed by atoms with E-state index in [4.69, 9.17) is 0 Å². The Kier molecular flexibility index (Phi) is 3.54. The van der Waals surface area contributed by atoms with Crippen molar-refractivity contribution in [2.75, 3.05) is 0 Å². The minimum Gasteiger partial charge on any atom is -0.349 e. The highest BCUT2D eigenvalue weighted by Gasteiger charge is 2.29. The first-order chi connectivity index (χ1) is 9.72. The molecule has 3 rings (SSSR count). The molecule has 1 aliphatic rings. The molecule has 1 saturated carbocycles. The SMILES string of the molecule is C[C@H](NC(=O)c1cnn(Cc2ccccc2)c1)C1CC1. The molecule has 1 amide bonds. The van der Waals surface area contributed by atoms with Gasteiger partial charge in [-0.2, -0.15) is 5.10 Å². The number of nitrogens with zero attached hydrogens (tertiary/aromatic N) is 2. The molecular weight excluding hydrogens is 250 g/mol. The third-order valence-corrected chi connectivity index (χ3v) is 3.77. The van der Waals surface area contributed by atoms with Crippen molar-refractivity contribution in [3.05, 3.63) is 53.9 Å². The zero-order valence-corrected chi connectivity index (χ0v) is 11.6. The van der Waals surface area contributed by atoms with Crippen LogP contribution in [-0.2, 0) is 6.54 Å². The first-order valence-electron chi connectivity index (χ1n) is 7.09. The lowest BCUT2D eigenvalue weighted by molar-refractivity contribution is 0.0936. The normalized spacial score (nSPS) is 15.8. The van der Waals surface area contributed by atoms with E-state index in [1.807, 2.05) is 24.4 Å². The summed E-state index contributed by atoms with van der Waals surface area (Å²) in [6.07, 6.45) is 5.91. The van der Waals surface area contributed by atoms with Crippen LogP contribution in [0.15, 0.2) is 42.7 Å². The van der Waals surface area contributed by atoms with Crippen molar-refractivity contribution in [3.8, 4) is 0 Å². The van der Waals surface area contributed by atoms with Crippen molar-refractivity contribution in [1.82, 2.24) is 15.1 Å². The number of amides is 1. The predicted molar refractivity (Wildman–Crippen MR) is 77.4 cm³/mol. The standard InChI is InChI=1S/C16H19N3O/c1-12(14-7-8-14)18-16(20)15-9-17-19(11-15)10-13-5-3-2-4-6-13/h2-6,9,11-12,14H,7-8,10H2,1H3,(H,18,20)/t12-/m0/s1. The molecule has 1 heterocycles. The number of carbonyl (C=O) groups excluding carboxylic acids is 1. The van der Waals surface area contributed by atoms with Gasteiger partial charge in [0.2, 0.25) is 0 Å². The molecule has 1 aromatic heterocycles. The van der Waals surface area contributed by atoms with E-state index in [2.05, 4.69) is 29.5 Å². The Bertz CT molecular complexity index is 587. The lowest BCUT2D eigenvalue weighted by atomic mass is 10.2. The molecule has 1 fully saturated rings. The Labute approximate surface area is 118 Å². The van der Waals surface area contributed by atoms with Crippen molar-refractivity contribution in [2.45, 2.75) is 32.4 Å². The zero-order chi connectivity index (χ0) is 13.9. The van der Waals surface area contributed by atoms with Gasteiger partial charge in [-0.05, 0) is 31.2 Å². The first-order valence-corrected chi connectivity index (χ1v) is 7.09. The van der Waals surface area contributed by atoms with Crippen molar-refractivity contribution in [3.63, 3.8) is 0 Å². The van der Waals surface area contributed by atoms with Gasteiger partial charge in [0.05, 0.1) is 18.3 Å². The van der Waals surface area contributed by atoms with E-state index in [-0.39, 0.29) is 11.9 Å². The van der Waals surface area contributed by atoms with Crippen LogP contribution in [0.25, 0.3) is 0 Å². The average Bonchev–Trinajstić information content (AvgIpc) is 3.20. The van der Waals surface area contributed by atoms with Crippen LogP contribution in [0, 0.1) is 5.92 Å². The maximum atomic E-state index is 12.1. The van der Waals surface area contributed by atoms with Gasteiger partial charge in [-0.25, -0.2) is 0 Å². The minimum absolute atomic E-state index is 0.0243. The molecule has 2 aromatic rings. The highest BCUT2D eigenvalue weighted by molar-refractivity contribution is 5.93. The average molecular weight is 269 g/mol. The molecule has 1 aromatic carbocycles. The summed E-state index contributed by atoms with van der Waals surface area (Å²) in [5.74, 6) is 0.641. The highest BCUT2D eigenvalue weighted by Crippen LogP contribution is 2.32. The Morgan fingerprint density at radius 3 is 2.85 bits per heavy atom. The van der Waals surface area contributed by atoms with Crippen LogP contribution in [0.2, 0.25) is 0 Å². The topological polar surface area (TPSA) is 46.9 Å². The summed E-state index contributed by atoms with van der Waals surface area (Å²) >= 11 is 0. The van der Waals surface area contributed by atoms with E-state index in [1.165, 1.54) is 18.4 Å². The van der Waals surface area contributed by atoms with Crippen LogP contribution in [0.1, 0.15) is 35.7 Å². The molecule has 1 aliphatic carbocycles. The van der Waals surface area contributed by atoms with E-state index < -0.39 is 0 Å². The van der Waals surface area contributed by atoms with Crippen LogP contribution < -0.4 is 5.32 Å². The second-order valence-electron chi connectivity index (χ2n) is 5.51. The minimum atomic E-state index is -0.0243. The Morgan fingerprint density at radius 2 is 2.15 bits per heavy atom. The number of hydrogen-bond acceptors (Lipinski definition) is 2. The largest absolute Gasteiger partial charge is 0.349 e. The van der Waals surface area contributed by atoms with E-state index >= 15 is 0 Å². The lowest BCUT2D eigenvalue weighted by Crippen LogP contribution is -2.33. The van der Waals surface area contributed by atoms with Crippen molar-refractivity contribution < 1.29 is 4.79 Å². The number of benzene rings is 1. The summed E-state index contributed by atoms with van der Waals surface area (Å²) in [5, 5.41) is 7.30. The summed E-state index contributed by atoms with van der Waals surface area (Å²) in [6.45, 7) is 2.76. The number of rotatable bonds is 5. The third kappa shape index (κ3) is 3.07. The molecular formula is C16H19N3O. The predicted octanol–water partition coefficient (Wildman–Crippen LogP) is 2.46. The molecule has 0 aliphatic heterocycles. The van der Waals surface area contributed by atoms with Gasteiger partial charge in [0.25, 0.3) is 5.91 Å². The molecule has 0 spiro atoms. The van der Waals surface area contributed by atoms with Crippen LogP contribution in [0.5, 0.6) is 0 Å². The molecule has 20 heavy (non-hydrogen) atoms. The van der Waals surface area contributed by atoms with Gasteiger partial charge in [-0.15, -0.1) is 0 Å². The maximum Gasteiger partial charge on any atom is 0.254 e. The molecule has 0 unspecified atom stereocenters. The van der Waals surface area contributed by atoms with E-state index in [0.29, 0.717) is 18.0 Å². The third-order valence-electron chi connectivity index (χ3n) is 3.77. The van der Waals surface area contributed by atoms with Crippen LogP contribution >= 0.6 is 0 Å². The fourth-order valence-corrected chi connectivity index (χ4v) is 2.34. The molecule has 4 heteroatoms. The monoisotopic (exact) mass is 269 g/mol. The van der Waals surface area contributed by atoms with Gasteiger partial charge in [-0.3, -0.25) is 9.48 Å². The molecule has 0 radical (unpaired) electrons. The molecule has 1 N–H and O–H groups in total. The van der Waals surface area contributed by atoms with E-state index in [0.717, 1.165) is 0 Å². The van der Waals surface area contributed by atoms with Gasteiger partial charge in [-0.1, -0.05) is 30.3 Å². The quantitative estimate of drug-likeness (QED) is 0.906. The van der Waals surface area contributed by atoms with Gasteiger partial charge >= 0.3 is 0 Å². The maximum absolute atomic E-state index is 12.1. The summed E-state index contributed by atoms with van der Waals surface area (Å²) in [4.78, 5) is 12.1. The van der Waals surface area contributed by atoms with Crippen molar-refractivity contribution >= 4 is 5.91 Å². The second kappa shape index (κ2) is 5.49. The second-order valence-corrected chi connectivity index (χ2v) is 5.51. The molecule has 104 valence electrons. The van der Waals surface area contributed by atoms with Gasteiger partial charge in [0.15, 0.2) is 0 Å². The van der Waals surface area contributed by atoms with Crippen LogP contribution in [-0.4, -0.2) is 21.7 Å². The van der Waals surface area contributed by atoms with Crippen molar-refractivity contribution in [2.24, 2.45) is 5.92 Å². The first kappa shape index (κ1) is 12.9. The number of aromatic nitrogens is 2. The fraction of sp³-hybridized carbons (Fsp3) is 0.375. The van der Waals surface area contributed by atoms with Crippen LogP contribution in [0.3, 0.4) is 0 Å². The Hall–Kier alpha value is -2.10. The van der Waals surface area contributed by atoms with Gasteiger partial charge in [0.1, 0.15) is 0 Å². The smallest absolute Gasteiger partial charge is 0.254 e. The highest BCUT2D eigenvalue weighted by atomic mass is 16.1. The summed E-state index contributed by atoms with van der Waals surface area (Å²) < 4.78 is 1.80. The van der Waals surface area contributed by atoms with Crippen LogP contribution in [0.4, 0.5) is 0 Å². The summed E-state index contributed by atoms with van der Waals surface area (Å²) in [5.41, 5.74) is 1.81. The zero-order valence-electron chi connectivity index (χ0n) is 11.6. The van der Waals surface area contributed by atoms with E-state index in [9.17, 15) is 4.79 Å². The fourth-order valence-electron chi connectivity index (χ4n) is 2.34. The molecule has 1 atom stereocenters. The number of nitrogens with one attached hydrogen (secondary N) is 1. The Morgan fingerprint density at radius 1 is 1.40 bits per heavy atom. The number of carbonyl (C=O) groups is 1. The molecule has 4 nitrogen and oxygen atoms in total.